The molecule has 1 aliphatic heterocycles. The molecule has 130 valence electrons. The molecule has 1 N–H and O–H groups in total. The Bertz CT molecular complexity index is 798. The molecule has 4 rings (SSSR count). The van der Waals surface area contributed by atoms with Gasteiger partial charge >= 0.3 is 5.97 Å². The van der Waals surface area contributed by atoms with E-state index in [1.54, 1.807) is 12.1 Å². The van der Waals surface area contributed by atoms with E-state index < -0.39 is 5.97 Å². The van der Waals surface area contributed by atoms with Gasteiger partial charge in [-0.2, -0.15) is 0 Å². The third kappa shape index (κ3) is 3.21. The Labute approximate surface area is 149 Å². The molecule has 2 aliphatic rings. The Balaban J connectivity index is 1.58. The fraction of sp³-hybridized carbons (Fsp3) is 0.409. The van der Waals surface area contributed by atoms with E-state index in [2.05, 4.69) is 30.0 Å². The molecule has 0 aromatic heterocycles. The lowest BCUT2D eigenvalue weighted by molar-refractivity contribution is 0.0697. The molecule has 2 aromatic carbocycles. The summed E-state index contributed by atoms with van der Waals surface area (Å²) < 4.78 is 0. The average molecular weight is 335 g/mol. The Hall–Kier alpha value is -2.13. The van der Waals surface area contributed by atoms with Crippen molar-refractivity contribution in [2.45, 2.75) is 51.1 Å². The number of carboxylic acids is 1. The molecule has 2 aromatic rings. The van der Waals surface area contributed by atoms with Crippen molar-refractivity contribution < 1.29 is 9.90 Å². The second kappa shape index (κ2) is 6.64. The predicted octanol–water partition coefficient (Wildman–Crippen LogP) is 4.39. The highest BCUT2D eigenvalue weighted by Gasteiger charge is 2.30. The molecule has 1 fully saturated rings. The van der Waals surface area contributed by atoms with Crippen LogP contribution < -0.4 is 0 Å². The smallest absolute Gasteiger partial charge is 0.335 e. The number of fused-ring (bicyclic) bond motifs is 1. The van der Waals surface area contributed by atoms with Crippen LogP contribution in [0.1, 0.15) is 47.7 Å². The highest BCUT2D eigenvalue weighted by molar-refractivity contribution is 5.89. The first-order valence-electron chi connectivity index (χ1n) is 9.33. The Morgan fingerprint density at radius 3 is 2.68 bits per heavy atom. The van der Waals surface area contributed by atoms with Crippen LogP contribution in [0.25, 0.3) is 11.1 Å². The topological polar surface area (TPSA) is 40.5 Å². The number of nitrogens with zero attached hydrogens (tertiary/aromatic N) is 1. The molecule has 1 heterocycles. The predicted molar refractivity (Wildman–Crippen MR) is 100 cm³/mol. The van der Waals surface area contributed by atoms with Crippen molar-refractivity contribution in [1.29, 1.82) is 0 Å². The molecular formula is C22H25NO2. The third-order valence-corrected chi connectivity index (χ3v) is 5.92. The third-order valence-electron chi connectivity index (χ3n) is 5.92. The van der Waals surface area contributed by atoms with Crippen molar-refractivity contribution in [3.05, 3.63) is 59.2 Å². The fourth-order valence-electron chi connectivity index (χ4n) is 4.53. The van der Waals surface area contributed by atoms with Gasteiger partial charge in [-0.1, -0.05) is 30.3 Å². The molecule has 1 saturated heterocycles. The molecular weight excluding hydrogens is 310 g/mol. The summed E-state index contributed by atoms with van der Waals surface area (Å²) >= 11 is 0. The molecule has 1 aliphatic carbocycles. The van der Waals surface area contributed by atoms with Crippen LogP contribution in [0.2, 0.25) is 0 Å². The van der Waals surface area contributed by atoms with Gasteiger partial charge in [0.1, 0.15) is 0 Å². The van der Waals surface area contributed by atoms with Crippen molar-refractivity contribution in [2.75, 3.05) is 6.54 Å². The minimum atomic E-state index is -0.873. The first kappa shape index (κ1) is 16.3. The SMILES string of the molecule is CC1CCCN1C1CCc2cc(-c3cccc(C(=O)O)c3)ccc2C1. The molecule has 0 saturated carbocycles. The Morgan fingerprint density at radius 2 is 1.92 bits per heavy atom. The molecule has 3 heteroatoms. The number of hydrogen-bond acceptors (Lipinski definition) is 2. The summed E-state index contributed by atoms with van der Waals surface area (Å²) in [6.07, 6.45) is 6.17. The van der Waals surface area contributed by atoms with Crippen molar-refractivity contribution >= 4 is 5.97 Å². The van der Waals surface area contributed by atoms with Gasteiger partial charge in [0.15, 0.2) is 0 Å². The molecule has 0 amide bonds. The average Bonchev–Trinajstić information content (AvgIpc) is 3.07. The summed E-state index contributed by atoms with van der Waals surface area (Å²) in [4.78, 5) is 13.9. The highest BCUT2D eigenvalue weighted by Crippen LogP contribution is 2.32. The van der Waals surface area contributed by atoms with Crippen LogP contribution in [-0.2, 0) is 12.8 Å². The van der Waals surface area contributed by atoms with E-state index in [1.165, 1.54) is 36.9 Å². The quantitative estimate of drug-likeness (QED) is 0.904. The molecule has 0 radical (unpaired) electrons. The zero-order valence-electron chi connectivity index (χ0n) is 14.7. The summed E-state index contributed by atoms with van der Waals surface area (Å²) in [7, 11) is 0. The van der Waals surface area contributed by atoms with Gasteiger partial charge in [-0.05, 0) is 80.0 Å². The fourth-order valence-corrected chi connectivity index (χ4v) is 4.53. The molecule has 2 atom stereocenters. The molecule has 25 heavy (non-hydrogen) atoms. The first-order chi connectivity index (χ1) is 12.1. The van der Waals surface area contributed by atoms with Crippen LogP contribution in [0.3, 0.4) is 0 Å². The van der Waals surface area contributed by atoms with Gasteiger partial charge in [-0.3, -0.25) is 4.90 Å². The van der Waals surface area contributed by atoms with Crippen molar-refractivity contribution in [2.24, 2.45) is 0 Å². The van der Waals surface area contributed by atoms with E-state index in [0.29, 0.717) is 11.6 Å². The van der Waals surface area contributed by atoms with E-state index in [9.17, 15) is 9.90 Å². The van der Waals surface area contributed by atoms with Crippen LogP contribution >= 0.6 is 0 Å². The molecule has 0 bridgehead atoms. The summed E-state index contributed by atoms with van der Waals surface area (Å²) in [6, 6.07) is 15.3. The number of aryl methyl sites for hydroxylation is 1. The number of aromatic carboxylic acids is 1. The van der Waals surface area contributed by atoms with Gasteiger partial charge in [0.2, 0.25) is 0 Å². The number of carbonyl (C=O) groups is 1. The first-order valence-corrected chi connectivity index (χ1v) is 9.33. The van der Waals surface area contributed by atoms with E-state index in [1.807, 2.05) is 12.1 Å². The normalized spacial score (nSPS) is 23.4. The maximum absolute atomic E-state index is 11.2. The largest absolute Gasteiger partial charge is 0.478 e. The van der Waals surface area contributed by atoms with Crippen LogP contribution in [0, 0.1) is 0 Å². The van der Waals surface area contributed by atoms with Crippen LogP contribution in [-0.4, -0.2) is 34.6 Å². The maximum Gasteiger partial charge on any atom is 0.335 e. The molecule has 2 unspecified atom stereocenters. The summed E-state index contributed by atoms with van der Waals surface area (Å²) in [5.41, 5.74) is 5.35. The second-order valence-electron chi connectivity index (χ2n) is 7.50. The van der Waals surface area contributed by atoms with Crippen molar-refractivity contribution in [3.63, 3.8) is 0 Å². The molecule has 0 spiro atoms. The zero-order chi connectivity index (χ0) is 17.4. The number of carboxylic acid groups (broad SMARTS) is 1. The van der Waals surface area contributed by atoms with Crippen LogP contribution in [0.5, 0.6) is 0 Å². The zero-order valence-corrected chi connectivity index (χ0v) is 14.7. The van der Waals surface area contributed by atoms with E-state index >= 15 is 0 Å². The lowest BCUT2D eigenvalue weighted by Gasteiger charge is -2.35. The summed E-state index contributed by atoms with van der Waals surface area (Å²) in [5.74, 6) is -0.873. The Kier molecular flexibility index (Phi) is 4.34. The lowest BCUT2D eigenvalue weighted by atomic mass is 9.85. The van der Waals surface area contributed by atoms with E-state index in [-0.39, 0.29) is 0 Å². The van der Waals surface area contributed by atoms with Gasteiger partial charge in [0, 0.05) is 12.1 Å². The highest BCUT2D eigenvalue weighted by atomic mass is 16.4. The van der Waals surface area contributed by atoms with Crippen molar-refractivity contribution in [3.8, 4) is 11.1 Å². The minimum Gasteiger partial charge on any atom is -0.478 e. The van der Waals surface area contributed by atoms with E-state index in [0.717, 1.165) is 30.0 Å². The standard InChI is InChI=1S/C22H25NO2/c1-15-4-3-11-23(15)21-10-9-18-12-17(7-8-19(18)14-21)16-5-2-6-20(13-16)22(24)25/h2,5-8,12-13,15,21H,3-4,9-11,14H2,1H3,(H,24,25). The lowest BCUT2D eigenvalue weighted by Crippen LogP contribution is -2.41. The van der Waals surface area contributed by atoms with Crippen LogP contribution in [0.4, 0.5) is 0 Å². The van der Waals surface area contributed by atoms with Crippen LogP contribution in [0.15, 0.2) is 42.5 Å². The van der Waals surface area contributed by atoms with Gasteiger partial charge in [-0.25, -0.2) is 4.79 Å². The Morgan fingerprint density at radius 1 is 1.08 bits per heavy atom. The van der Waals surface area contributed by atoms with Gasteiger partial charge in [0.05, 0.1) is 5.56 Å². The number of hydrogen-bond donors (Lipinski definition) is 1. The van der Waals surface area contributed by atoms with Gasteiger partial charge in [-0.15, -0.1) is 0 Å². The maximum atomic E-state index is 11.2. The summed E-state index contributed by atoms with van der Waals surface area (Å²) in [5, 5.41) is 9.20. The van der Waals surface area contributed by atoms with Gasteiger partial charge in [0.25, 0.3) is 0 Å². The number of benzene rings is 2. The second-order valence-corrected chi connectivity index (χ2v) is 7.50. The van der Waals surface area contributed by atoms with Gasteiger partial charge < -0.3 is 5.11 Å². The van der Waals surface area contributed by atoms with Crippen molar-refractivity contribution in [1.82, 2.24) is 4.90 Å². The minimum absolute atomic E-state index is 0.346. The number of likely N-dealkylation sites (tertiary alicyclic amines) is 1. The molecule has 3 nitrogen and oxygen atoms in total. The summed E-state index contributed by atoms with van der Waals surface area (Å²) in [6.45, 7) is 3.61. The van der Waals surface area contributed by atoms with E-state index in [4.69, 9.17) is 0 Å². The number of rotatable bonds is 3. The monoisotopic (exact) mass is 335 g/mol.